The van der Waals surface area contributed by atoms with Crippen LogP contribution in [0.1, 0.15) is 24.8 Å². The molecule has 0 spiro atoms. The van der Waals surface area contributed by atoms with Gasteiger partial charge in [0, 0.05) is 25.6 Å². The smallest absolute Gasteiger partial charge is 0.484 e. The third-order valence-electron chi connectivity index (χ3n) is 3.58. The molecule has 1 aromatic carbocycles. The Hall–Kier alpha value is -2.50. The lowest BCUT2D eigenvalue weighted by atomic mass is 10.0. The lowest BCUT2D eigenvalue weighted by Crippen LogP contribution is -2.44. The Morgan fingerprint density at radius 1 is 1.24 bits per heavy atom. The summed E-state index contributed by atoms with van der Waals surface area (Å²) < 4.78 is 72.8. The zero-order valence-electron chi connectivity index (χ0n) is 15.1. The van der Waals surface area contributed by atoms with Crippen molar-refractivity contribution in [2.75, 3.05) is 13.2 Å². The number of aliphatic carboxylic acids is 1. The maximum Gasteiger partial charge on any atom is 0.490 e. The second-order valence-electron chi connectivity index (χ2n) is 6.14. The first-order chi connectivity index (χ1) is 13.4. The van der Waals surface area contributed by atoms with Crippen molar-refractivity contribution < 1.29 is 45.8 Å². The van der Waals surface area contributed by atoms with Gasteiger partial charge in [-0.25, -0.2) is 4.79 Å². The molecule has 3 N–H and O–H groups in total. The average molecular weight is 430 g/mol. The number of carboxylic acids is 1. The van der Waals surface area contributed by atoms with Crippen LogP contribution in [0.25, 0.3) is 0 Å². The highest BCUT2D eigenvalue weighted by atomic mass is 19.4. The number of halogens is 6. The zero-order chi connectivity index (χ0) is 22.1. The van der Waals surface area contributed by atoms with Crippen molar-refractivity contribution in [2.24, 2.45) is 0 Å². The Morgan fingerprint density at radius 2 is 1.90 bits per heavy atom. The summed E-state index contributed by atoms with van der Waals surface area (Å²) in [5.74, 6) is -2.49. The standard InChI is InChI=1S/C15H19F3N2O2.C2HF3O2/c16-15(17,18)10-22-13-5-1-3-11(7-13)8-19-9-12-4-2-6-14(21)20-12;3-2(4,5)1(6)7/h1,3,5,7,12,19H,2,4,6,8-10H2,(H,20,21);(H,6,7)/t12-;/m1./s1. The van der Waals surface area contributed by atoms with Crippen LogP contribution >= 0.6 is 0 Å². The summed E-state index contributed by atoms with van der Waals surface area (Å²) in [6.07, 6.45) is -7.02. The number of nitrogens with one attached hydrogen (secondary N) is 2. The minimum Gasteiger partial charge on any atom is -0.484 e. The number of carbonyl (C=O) groups excluding carboxylic acids is 1. The maximum atomic E-state index is 12.1. The Balaban J connectivity index is 0.000000516. The number of benzene rings is 1. The molecule has 1 heterocycles. The van der Waals surface area contributed by atoms with E-state index in [-0.39, 0.29) is 17.7 Å². The van der Waals surface area contributed by atoms with Gasteiger partial charge in [-0.15, -0.1) is 0 Å². The van der Waals surface area contributed by atoms with Gasteiger partial charge in [-0.05, 0) is 30.5 Å². The molecule has 0 radical (unpaired) electrons. The molecular formula is C17H20F6N2O4. The molecule has 164 valence electrons. The Kier molecular flexibility index (Phi) is 9.21. The molecule has 1 amide bonds. The van der Waals surface area contributed by atoms with E-state index in [0.29, 0.717) is 19.5 Å². The first-order valence-corrected chi connectivity index (χ1v) is 8.45. The van der Waals surface area contributed by atoms with Crippen LogP contribution in [0, 0.1) is 0 Å². The lowest BCUT2D eigenvalue weighted by molar-refractivity contribution is -0.192. The minimum absolute atomic E-state index is 0.0700. The van der Waals surface area contributed by atoms with E-state index in [1.165, 1.54) is 6.07 Å². The van der Waals surface area contributed by atoms with Gasteiger partial charge in [0.05, 0.1) is 0 Å². The Labute approximate surface area is 162 Å². The van der Waals surface area contributed by atoms with Crippen LogP contribution in [-0.2, 0) is 16.1 Å². The van der Waals surface area contributed by atoms with Crippen molar-refractivity contribution in [3.05, 3.63) is 29.8 Å². The topological polar surface area (TPSA) is 87.7 Å². The fourth-order valence-corrected chi connectivity index (χ4v) is 2.34. The summed E-state index contributed by atoms with van der Waals surface area (Å²) in [7, 11) is 0. The molecule has 1 saturated heterocycles. The van der Waals surface area contributed by atoms with E-state index in [0.717, 1.165) is 18.4 Å². The third kappa shape index (κ3) is 11.2. The number of hydrogen-bond acceptors (Lipinski definition) is 4. The van der Waals surface area contributed by atoms with E-state index in [9.17, 15) is 31.1 Å². The summed E-state index contributed by atoms with van der Waals surface area (Å²) in [6, 6.07) is 6.66. The molecule has 0 saturated carbocycles. The molecule has 0 unspecified atom stereocenters. The number of hydrogen-bond donors (Lipinski definition) is 3. The molecule has 29 heavy (non-hydrogen) atoms. The van der Waals surface area contributed by atoms with Crippen molar-refractivity contribution in [2.45, 2.75) is 44.2 Å². The molecule has 1 aliphatic heterocycles. The SMILES string of the molecule is O=C(O)C(F)(F)F.O=C1CCC[C@H](CNCc2cccc(OCC(F)(F)F)c2)N1. The molecule has 1 fully saturated rings. The van der Waals surface area contributed by atoms with Gasteiger partial charge in [-0.1, -0.05) is 12.1 Å². The van der Waals surface area contributed by atoms with Gasteiger partial charge in [0.15, 0.2) is 6.61 Å². The van der Waals surface area contributed by atoms with Crippen molar-refractivity contribution in [3.63, 3.8) is 0 Å². The second-order valence-corrected chi connectivity index (χ2v) is 6.14. The van der Waals surface area contributed by atoms with E-state index in [1.54, 1.807) is 12.1 Å². The molecule has 2 rings (SSSR count). The number of piperidine rings is 1. The summed E-state index contributed by atoms with van der Waals surface area (Å²) in [6.45, 7) is -0.146. The number of amides is 1. The predicted molar refractivity (Wildman–Crippen MR) is 89.2 cm³/mol. The molecule has 0 aliphatic carbocycles. The molecular weight excluding hydrogens is 410 g/mol. The van der Waals surface area contributed by atoms with Gasteiger partial charge in [-0.3, -0.25) is 4.79 Å². The predicted octanol–water partition coefficient (Wildman–Crippen LogP) is 3.02. The Morgan fingerprint density at radius 3 is 2.45 bits per heavy atom. The van der Waals surface area contributed by atoms with E-state index in [1.807, 2.05) is 6.07 Å². The largest absolute Gasteiger partial charge is 0.490 e. The molecule has 1 aliphatic rings. The molecule has 1 atom stereocenters. The second kappa shape index (κ2) is 10.9. The van der Waals surface area contributed by atoms with Crippen LogP contribution in [0.5, 0.6) is 5.75 Å². The van der Waals surface area contributed by atoms with Gasteiger partial charge in [-0.2, -0.15) is 26.3 Å². The summed E-state index contributed by atoms with van der Waals surface area (Å²) in [5, 5.41) is 13.2. The highest BCUT2D eigenvalue weighted by Crippen LogP contribution is 2.19. The van der Waals surface area contributed by atoms with Crippen LogP contribution in [0.3, 0.4) is 0 Å². The molecule has 0 bridgehead atoms. The van der Waals surface area contributed by atoms with Crippen LogP contribution in [0.2, 0.25) is 0 Å². The average Bonchev–Trinajstić information content (AvgIpc) is 2.60. The fourth-order valence-electron chi connectivity index (χ4n) is 2.34. The van der Waals surface area contributed by atoms with Crippen molar-refractivity contribution in [1.29, 1.82) is 0 Å². The van der Waals surface area contributed by atoms with Crippen molar-refractivity contribution in [1.82, 2.24) is 10.6 Å². The highest BCUT2D eigenvalue weighted by Gasteiger charge is 2.38. The van der Waals surface area contributed by atoms with Crippen LogP contribution in [0.15, 0.2) is 24.3 Å². The summed E-state index contributed by atoms with van der Waals surface area (Å²) in [4.78, 5) is 20.2. The van der Waals surface area contributed by atoms with Gasteiger partial charge >= 0.3 is 18.3 Å². The van der Waals surface area contributed by atoms with Crippen molar-refractivity contribution >= 4 is 11.9 Å². The van der Waals surface area contributed by atoms with Gasteiger partial charge in [0.1, 0.15) is 5.75 Å². The van der Waals surface area contributed by atoms with Gasteiger partial charge in [0.25, 0.3) is 0 Å². The first-order valence-electron chi connectivity index (χ1n) is 8.45. The van der Waals surface area contributed by atoms with E-state index in [2.05, 4.69) is 10.6 Å². The molecule has 6 nitrogen and oxygen atoms in total. The number of ether oxygens (including phenoxy) is 1. The fraction of sp³-hybridized carbons (Fsp3) is 0.529. The highest BCUT2D eigenvalue weighted by molar-refractivity contribution is 5.76. The number of rotatable bonds is 6. The third-order valence-corrected chi connectivity index (χ3v) is 3.58. The lowest BCUT2D eigenvalue weighted by Gasteiger charge is -2.23. The number of carboxylic acid groups (broad SMARTS) is 1. The summed E-state index contributed by atoms with van der Waals surface area (Å²) >= 11 is 0. The van der Waals surface area contributed by atoms with Crippen LogP contribution < -0.4 is 15.4 Å². The van der Waals surface area contributed by atoms with E-state index < -0.39 is 24.9 Å². The normalized spacial score (nSPS) is 17.0. The Bertz CT molecular complexity index is 679. The van der Waals surface area contributed by atoms with Gasteiger partial charge < -0.3 is 20.5 Å². The van der Waals surface area contributed by atoms with Crippen molar-refractivity contribution in [3.8, 4) is 5.75 Å². The zero-order valence-corrected chi connectivity index (χ0v) is 15.1. The van der Waals surface area contributed by atoms with E-state index in [4.69, 9.17) is 14.6 Å². The minimum atomic E-state index is -5.08. The van der Waals surface area contributed by atoms with Crippen LogP contribution in [0.4, 0.5) is 26.3 Å². The summed E-state index contributed by atoms with van der Waals surface area (Å²) in [5.41, 5.74) is 0.835. The molecule has 1 aromatic rings. The number of carbonyl (C=O) groups is 2. The monoisotopic (exact) mass is 430 g/mol. The molecule has 0 aromatic heterocycles. The molecule has 12 heteroatoms. The first kappa shape index (κ1) is 24.5. The maximum absolute atomic E-state index is 12.1. The van der Waals surface area contributed by atoms with E-state index >= 15 is 0 Å². The van der Waals surface area contributed by atoms with Gasteiger partial charge in [0.2, 0.25) is 5.91 Å². The number of alkyl halides is 6. The van der Waals surface area contributed by atoms with Crippen LogP contribution in [-0.4, -0.2) is 48.5 Å². The quantitative estimate of drug-likeness (QED) is 0.604.